The third-order valence-corrected chi connectivity index (χ3v) is 2.17. The molecule has 0 aromatic heterocycles. The average molecular weight is 106 g/mol. The van der Waals surface area contributed by atoms with Crippen molar-refractivity contribution in [1.29, 1.82) is 0 Å². The third-order valence-electron chi connectivity index (χ3n) is 2.17. The van der Waals surface area contributed by atoms with Gasteiger partial charge in [0.05, 0.1) is 0 Å². The number of allylic oxidation sites excluding steroid dienone is 4. The van der Waals surface area contributed by atoms with E-state index in [-0.39, 0.29) is 0 Å². The molecule has 2 rings (SSSR count). The lowest BCUT2D eigenvalue weighted by atomic mass is 9.75. The van der Waals surface area contributed by atoms with Gasteiger partial charge in [-0.15, -0.1) is 0 Å². The fourth-order valence-electron chi connectivity index (χ4n) is 1.44. The van der Waals surface area contributed by atoms with E-state index in [0.717, 1.165) is 5.92 Å². The van der Waals surface area contributed by atoms with Gasteiger partial charge in [0.1, 0.15) is 0 Å². The Bertz CT molecular complexity index is 151. The van der Waals surface area contributed by atoms with Crippen molar-refractivity contribution in [2.45, 2.75) is 19.3 Å². The minimum Gasteiger partial charge on any atom is -0.0839 e. The molecule has 0 bridgehead atoms. The zero-order valence-corrected chi connectivity index (χ0v) is 4.93. The Hall–Kier alpha value is -0.520. The Labute approximate surface area is 49.9 Å². The van der Waals surface area contributed by atoms with Crippen molar-refractivity contribution in [3.63, 3.8) is 0 Å². The van der Waals surface area contributed by atoms with Crippen molar-refractivity contribution in [1.82, 2.24) is 0 Å². The van der Waals surface area contributed by atoms with Gasteiger partial charge in [0.25, 0.3) is 0 Å². The van der Waals surface area contributed by atoms with Crippen LogP contribution in [-0.4, -0.2) is 0 Å². The summed E-state index contributed by atoms with van der Waals surface area (Å²) in [7, 11) is 0. The lowest BCUT2D eigenvalue weighted by molar-refractivity contribution is 0.443. The van der Waals surface area contributed by atoms with E-state index in [1.807, 2.05) is 0 Å². The van der Waals surface area contributed by atoms with Crippen LogP contribution in [0.1, 0.15) is 19.3 Å². The zero-order valence-electron chi connectivity index (χ0n) is 4.93. The first-order valence-corrected chi connectivity index (χ1v) is 3.32. The highest BCUT2D eigenvalue weighted by Gasteiger charge is 2.23. The molecular weight excluding hydrogens is 96.1 g/mol. The van der Waals surface area contributed by atoms with E-state index in [0.29, 0.717) is 0 Å². The maximum atomic E-state index is 2.28. The monoisotopic (exact) mass is 106 g/mol. The molecule has 0 N–H and O–H groups in total. The minimum atomic E-state index is 0.958. The van der Waals surface area contributed by atoms with Crippen LogP contribution in [0, 0.1) is 5.92 Å². The number of rotatable bonds is 0. The molecule has 1 saturated carbocycles. The zero-order chi connectivity index (χ0) is 5.40. The first-order valence-electron chi connectivity index (χ1n) is 3.32. The van der Waals surface area contributed by atoms with Gasteiger partial charge in [-0.05, 0) is 25.2 Å². The van der Waals surface area contributed by atoms with E-state index >= 15 is 0 Å². The van der Waals surface area contributed by atoms with Crippen LogP contribution in [0.15, 0.2) is 23.8 Å². The number of hydrogen-bond donors (Lipinski definition) is 0. The first-order chi connectivity index (χ1) is 3.97. The van der Waals surface area contributed by atoms with Gasteiger partial charge < -0.3 is 0 Å². The topological polar surface area (TPSA) is 0 Å². The second-order valence-corrected chi connectivity index (χ2v) is 2.64. The SMILES string of the molecule is C1=CCC2CCC2=C1. The molecule has 0 aromatic carbocycles. The van der Waals surface area contributed by atoms with Gasteiger partial charge in [-0.25, -0.2) is 0 Å². The van der Waals surface area contributed by atoms with Crippen molar-refractivity contribution in [2.75, 3.05) is 0 Å². The highest BCUT2D eigenvalue weighted by atomic mass is 14.3. The van der Waals surface area contributed by atoms with E-state index in [1.54, 1.807) is 5.57 Å². The molecule has 0 aliphatic heterocycles. The quantitative estimate of drug-likeness (QED) is 0.444. The van der Waals surface area contributed by atoms with Gasteiger partial charge in [0.2, 0.25) is 0 Å². The first kappa shape index (κ1) is 4.37. The molecule has 0 heterocycles. The highest BCUT2D eigenvalue weighted by molar-refractivity contribution is 5.25. The Morgan fingerprint density at radius 2 is 2.50 bits per heavy atom. The van der Waals surface area contributed by atoms with E-state index < -0.39 is 0 Å². The van der Waals surface area contributed by atoms with Crippen LogP contribution >= 0.6 is 0 Å². The molecule has 2 aliphatic carbocycles. The standard InChI is InChI=1S/C8H10/c1-2-4-8-6-5-7(8)3-1/h1-3,8H,4-6H2. The summed E-state index contributed by atoms with van der Waals surface area (Å²) in [5, 5.41) is 0. The molecule has 0 heteroatoms. The summed E-state index contributed by atoms with van der Waals surface area (Å²) in [5.41, 5.74) is 1.69. The summed E-state index contributed by atoms with van der Waals surface area (Å²) >= 11 is 0. The molecule has 1 unspecified atom stereocenters. The Balaban J connectivity index is 2.23. The van der Waals surface area contributed by atoms with Gasteiger partial charge in [0, 0.05) is 0 Å². The smallest absolute Gasteiger partial charge is 0.0162 e. The Kier molecular flexibility index (Phi) is 0.806. The van der Waals surface area contributed by atoms with Crippen LogP contribution in [0.25, 0.3) is 0 Å². The summed E-state index contributed by atoms with van der Waals surface area (Å²) < 4.78 is 0. The lowest BCUT2D eigenvalue weighted by Gasteiger charge is -2.30. The van der Waals surface area contributed by atoms with E-state index in [4.69, 9.17) is 0 Å². The maximum Gasteiger partial charge on any atom is -0.0162 e. The van der Waals surface area contributed by atoms with Crippen molar-refractivity contribution in [3.8, 4) is 0 Å². The summed E-state index contributed by atoms with van der Waals surface area (Å²) in [6.07, 6.45) is 10.9. The molecule has 0 spiro atoms. The van der Waals surface area contributed by atoms with Crippen LogP contribution in [0.2, 0.25) is 0 Å². The van der Waals surface area contributed by atoms with Gasteiger partial charge in [-0.3, -0.25) is 0 Å². The summed E-state index contributed by atoms with van der Waals surface area (Å²) in [4.78, 5) is 0. The summed E-state index contributed by atoms with van der Waals surface area (Å²) in [5.74, 6) is 0.958. The second-order valence-electron chi connectivity index (χ2n) is 2.64. The average Bonchev–Trinajstić information content (AvgIpc) is 1.72. The van der Waals surface area contributed by atoms with Gasteiger partial charge >= 0.3 is 0 Å². The molecule has 2 aliphatic rings. The van der Waals surface area contributed by atoms with Crippen LogP contribution in [-0.2, 0) is 0 Å². The molecule has 0 saturated heterocycles. The molecule has 1 fully saturated rings. The van der Waals surface area contributed by atoms with E-state index in [1.165, 1.54) is 19.3 Å². The largest absolute Gasteiger partial charge is 0.0839 e. The minimum absolute atomic E-state index is 0.958. The van der Waals surface area contributed by atoms with Crippen LogP contribution in [0.4, 0.5) is 0 Å². The molecule has 0 nitrogen and oxygen atoms in total. The lowest BCUT2D eigenvalue weighted by Crippen LogP contribution is -2.15. The third kappa shape index (κ3) is 0.459. The van der Waals surface area contributed by atoms with E-state index in [9.17, 15) is 0 Å². The Morgan fingerprint density at radius 3 is 2.88 bits per heavy atom. The molecule has 0 aromatic rings. The van der Waals surface area contributed by atoms with Gasteiger partial charge in [-0.1, -0.05) is 23.8 Å². The van der Waals surface area contributed by atoms with Crippen molar-refractivity contribution < 1.29 is 0 Å². The van der Waals surface area contributed by atoms with Crippen molar-refractivity contribution in [2.24, 2.45) is 5.92 Å². The summed E-state index contributed by atoms with van der Waals surface area (Å²) in [6.45, 7) is 0. The molecule has 8 heavy (non-hydrogen) atoms. The highest BCUT2D eigenvalue weighted by Crippen LogP contribution is 2.38. The molecular formula is C8H10. The normalized spacial score (nSPS) is 33.0. The molecule has 1 atom stereocenters. The molecule has 0 radical (unpaired) electrons. The van der Waals surface area contributed by atoms with Crippen LogP contribution < -0.4 is 0 Å². The van der Waals surface area contributed by atoms with Crippen LogP contribution in [0.3, 0.4) is 0 Å². The van der Waals surface area contributed by atoms with E-state index in [2.05, 4.69) is 18.2 Å². The molecule has 0 amide bonds. The number of fused-ring (bicyclic) bond motifs is 1. The Morgan fingerprint density at radius 1 is 1.50 bits per heavy atom. The molecule has 42 valence electrons. The maximum absolute atomic E-state index is 2.28. The van der Waals surface area contributed by atoms with Gasteiger partial charge in [-0.2, -0.15) is 0 Å². The van der Waals surface area contributed by atoms with Gasteiger partial charge in [0.15, 0.2) is 0 Å². The van der Waals surface area contributed by atoms with Crippen molar-refractivity contribution >= 4 is 0 Å². The van der Waals surface area contributed by atoms with Crippen LogP contribution in [0.5, 0.6) is 0 Å². The fraction of sp³-hybridized carbons (Fsp3) is 0.500. The van der Waals surface area contributed by atoms with Crippen molar-refractivity contribution in [3.05, 3.63) is 23.8 Å². The fourth-order valence-corrected chi connectivity index (χ4v) is 1.44. The number of hydrogen-bond acceptors (Lipinski definition) is 0. The second kappa shape index (κ2) is 1.48. The summed E-state index contributed by atoms with van der Waals surface area (Å²) in [6, 6.07) is 0. The predicted molar refractivity (Wildman–Crippen MR) is 34.6 cm³/mol. The predicted octanol–water partition coefficient (Wildman–Crippen LogP) is 2.28.